The molecule has 0 heterocycles. The minimum absolute atomic E-state index is 0.835. The van der Waals surface area contributed by atoms with Gasteiger partial charge >= 0.3 is 0 Å². The van der Waals surface area contributed by atoms with Crippen LogP contribution in [0.2, 0.25) is 0 Å². The second kappa shape index (κ2) is 10.0. The molecule has 0 bridgehead atoms. The molecule has 0 saturated carbocycles. The molecular weight excluding hydrogens is 212 g/mol. The van der Waals surface area contributed by atoms with Crippen LogP contribution in [0.1, 0.15) is 45.1 Å². The molecule has 17 heavy (non-hydrogen) atoms. The average molecular weight is 238 g/mol. The fourth-order valence-electron chi connectivity index (χ4n) is 1.45. The Morgan fingerprint density at radius 1 is 0.824 bits per heavy atom. The van der Waals surface area contributed by atoms with Gasteiger partial charge in [-0.2, -0.15) is 0 Å². The van der Waals surface area contributed by atoms with Crippen LogP contribution >= 0.6 is 0 Å². The SMILES string of the molecule is CCCCCC.COc1cc(C)cc(OC)c1. The van der Waals surface area contributed by atoms with E-state index < -0.39 is 0 Å². The Morgan fingerprint density at radius 3 is 1.53 bits per heavy atom. The molecule has 98 valence electrons. The third-order valence-corrected chi connectivity index (χ3v) is 2.45. The summed E-state index contributed by atoms with van der Waals surface area (Å²) in [7, 11) is 3.29. The quantitative estimate of drug-likeness (QED) is 0.698. The fourth-order valence-corrected chi connectivity index (χ4v) is 1.45. The van der Waals surface area contributed by atoms with Crippen LogP contribution in [-0.2, 0) is 0 Å². The Labute approximate surface area is 106 Å². The van der Waals surface area contributed by atoms with Crippen LogP contribution < -0.4 is 9.47 Å². The molecule has 0 fully saturated rings. The maximum absolute atomic E-state index is 5.06. The van der Waals surface area contributed by atoms with Gasteiger partial charge in [0, 0.05) is 6.07 Å². The summed E-state index contributed by atoms with van der Waals surface area (Å²) in [6.45, 7) is 6.47. The topological polar surface area (TPSA) is 18.5 Å². The van der Waals surface area contributed by atoms with Crippen molar-refractivity contribution >= 4 is 0 Å². The number of hydrogen-bond acceptors (Lipinski definition) is 2. The van der Waals surface area contributed by atoms with Crippen molar-refractivity contribution in [1.82, 2.24) is 0 Å². The molecule has 1 rings (SSSR count). The molecule has 0 atom stereocenters. The standard InChI is InChI=1S/C9H12O2.C6H14/c1-7-4-8(10-2)6-9(5-7)11-3;1-3-5-6-4-2/h4-6H,1-3H3;3-6H2,1-2H3. The van der Waals surface area contributed by atoms with Gasteiger partial charge in [-0.1, -0.05) is 39.5 Å². The lowest BCUT2D eigenvalue weighted by Gasteiger charge is -2.04. The molecule has 0 amide bonds. The van der Waals surface area contributed by atoms with Gasteiger partial charge in [0.2, 0.25) is 0 Å². The second-order valence-electron chi connectivity index (χ2n) is 4.10. The zero-order valence-electron chi connectivity index (χ0n) is 11.9. The Hall–Kier alpha value is -1.18. The zero-order chi connectivity index (χ0) is 13.1. The highest BCUT2D eigenvalue weighted by Gasteiger charge is 1.96. The van der Waals surface area contributed by atoms with Gasteiger partial charge in [-0.15, -0.1) is 0 Å². The van der Waals surface area contributed by atoms with Crippen molar-refractivity contribution in [1.29, 1.82) is 0 Å². The van der Waals surface area contributed by atoms with Crippen LogP contribution in [0.15, 0.2) is 18.2 Å². The summed E-state index contributed by atoms with van der Waals surface area (Å²) >= 11 is 0. The first-order valence-corrected chi connectivity index (χ1v) is 6.37. The molecule has 0 aliphatic heterocycles. The molecule has 0 saturated heterocycles. The molecule has 0 radical (unpaired) electrons. The summed E-state index contributed by atoms with van der Waals surface area (Å²) in [6, 6.07) is 5.78. The van der Waals surface area contributed by atoms with Crippen LogP contribution in [0.3, 0.4) is 0 Å². The van der Waals surface area contributed by atoms with E-state index in [2.05, 4.69) is 13.8 Å². The molecule has 0 aromatic heterocycles. The van der Waals surface area contributed by atoms with E-state index in [-0.39, 0.29) is 0 Å². The number of methoxy groups -OCH3 is 2. The van der Waals surface area contributed by atoms with Crippen molar-refractivity contribution in [3.05, 3.63) is 23.8 Å². The Balaban J connectivity index is 0.000000366. The number of unbranched alkanes of at least 4 members (excludes halogenated alkanes) is 3. The van der Waals surface area contributed by atoms with Crippen LogP contribution in [-0.4, -0.2) is 14.2 Å². The van der Waals surface area contributed by atoms with Crippen molar-refractivity contribution in [2.24, 2.45) is 0 Å². The largest absolute Gasteiger partial charge is 0.497 e. The molecule has 0 spiro atoms. The van der Waals surface area contributed by atoms with E-state index in [1.54, 1.807) is 14.2 Å². The minimum Gasteiger partial charge on any atom is -0.497 e. The smallest absolute Gasteiger partial charge is 0.122 e. The normalized spacial score (nSPS) is 9.24. The van der Waals surface area contributed by atoms with Crippen molar-refractivity contribution in [2.45, 2.75) is 46.5 Å². The molecule has 1 aromatic carbocycles. The maximum Gasteiger partial charge on any atom is 0.122 e. The first-order valence-electron chi connectivity index (χ1n) is 6.37. The summed E-state index contributed by atoms with van der Waals surface area (Å²) in [5.41, 5.74) is 1.14. The highest BCUT2D eigenvalue weighted by molar-refractivity contribution is 5.37. The van der Waals surface area contributed by atoms with E-state index in [1.165, 1.54) is 25.7 Å². The van der Waals surface area contributed by atoms with Crippen LogP contribution in [0.25, 0.3) is 0 Å². The van der Waals surface area contributed by atoms with E-state index in [0.29, 0.717) is 0 Å². The van der Waals surface area contributed by atoms with Gasteiger partial charge in [0.1, 0.15) is 11.5 Å². The Morgan fingerprint density at radius 2 is 1.24 bits per heavy atom. The summed E-state index contributed by atoms with van der Waals surface area (Å²) in [6.07, 6.45) is 5.54. The molecule has 0 aliphatic rings. The van der Waals surface area contributed by atoms with Crippen LogP contribution in [0.4, 0.5) is 0 Å². The maximum atomic E-state index is 5.06. The zero-order valence-corrected chi connectivity index (χ0v) is 11.9. The highest BCUT2D eigenvalue weighted by atomic mass is 16.5. The van der Waals surface area contributed by atoms with Crippen molar-refractivity contribution in [2.75, 3.05) is 14.2 Å². The summed E-state index contributed by atoms with van der Waals surface area (Å²) in [5.74, 6) is 1.67. The van der Waals surface area contributed by atoms with E-state index in [4.69, 9.17) is 9.47 Å². The number of rotatable bonds is 5. The lowest BCUT2D eigenvalue weighted by molar-refractivity contribution is 0.394. The van der Waals surface area contributed by atoms with Gasteiger partial charge in [0.25, 0.3) is 0 Å². The fraction of sp³-hybridized carbons (Fsp3) is 0.600. The Kier molecular flexibility index (Phi) is 9.31. The van der Waals surface area contributed by atoms with E-state index >= 15 is 0 Å². The summed E-state index contributed by atoms with van der Waals surface area (Å²) in [5, 5.41) is 0. The first-order chi connectivity index (χ1) is 8.17. The van der Waals surface area contributed by atoms with Crippen LogP contribution in [0, 0.1) is 6.92 Å². The van der Waals surface area contributed by atoms with Gasteiger partial charge < -0.3 is 9.47 Å². The molecule has 0 unspecified atom stereocenters. The van der Waals surface area contributed by atoms with Crippen molar-refractivity contribution < 1.29 is 9.47 Å². The molecule has 2 nitrogen and oxygen atoms in total. The molecule has 0 aliphatic carbocycles. The third-order valence-electron chi connectivity index (χ3n) is 2.45. The van der Waals surface area contributed by atoms with Crippen LogP contribution in [0.5, 0.6) is 11.5 Å². The van der Waals surface area contributed by atoms with Gasteiger partial charge in [-0.3, -0.25) is 0 Å². The summed E-state index contributed by atoms with van der Waals surface area (Å²) < 4.78 is 10.1. The van der Waals surface area contributed by atoms with Crippen molar-refractivity contribution in [3.63, 3.8) is 0 Å². The number of benzene rings is 1. The first kappa shape index (κ1) is 15.8. The van der Waals surface area contributed by atoms with E-state index in [0.717, 1.165) is 17.1 Å². The molecular formula is C15H26O2. The number of aryl methyl sites for hydroxylation is 1. The predicted octanol–water partition coefficient (Wildman–Crippen LogP) is 4.60. The van der Waals surface area contributed by atoms with Gasteiger partial charge in [-0.25, -0.2) is 0 Å². The molecule has 2 heteroatoms. The lowest BCUT2D eigenvalue weighted by atomic mass is 10.2. The summed E-state index contributed by atoms with van der Waals surface area (Å²) in [4.78, 5) is 0. The second-order valence-corrected chi connectivity index (χ2v) is 4.10. The van der Waals surface area contributed by atoms with Gasteiger partial charge in [0.05, 0.1) is 14.2 Å². The third kappa shape index (κ3) is 7.67. The molecule has 1 aromatic rings. The predicted molar refractivity (Wildman–Crippen MR) is 74.1 cm³/mol. The highest BCUT2D eigenvalue weighted by Crippen LogP contribution is 2.21. The lowest BCUT2D eigenvalue weighted by Crippen LogP contribution is -1.87. The van der Waals surface area contributed by atoms with Crippen molar-refractivity contribution in [3.8, 4) is 11.5 Å². The number of hydrogen-bond donors (Lipinski definition) is 0. The molecule has 0 N–H and O–H groups in total. The minimum atomic E-state index is 0.835. The average Bonchev–Trinajstić information content (AvgIpc) is 2.36. The van der Waals surface area contributed by atoms with E-state index in [9.17, 15) is 0 Å². The van der Waals surface area contributed by atoms with E-state index in [1.807, 2.05) is 25.1 Å². The number of ether oxygens (including phenoxy) is 2. The van der Waals surface area contributed by atoms with Gasteiger partial charge in [0.15, 0.2) is 0 Å². The van der Waals surface area contributed by atoms with Gasteiger partial charge in [-0.05, 0) is 24.6 Å². The Bertz CT molecular complexity index is 269. The monoisotopic (exact) mass is 238 g/mol.